The summed E-state index contributed by atoms with van der Waals surface area (Å²) in [7, 11) is 1.72. The number of benzene rings is 2. The first-order chi connectivity index (χ1) is 10.1. The molecule has 0 saturated heterocycles. The van der Waals surface area contributed by atoms with Crippen molar-refractivity contribution in [3.05, 3.63) is 69.5 Å². The molecular weight excluding hydrogens is 275 g/mol. The number of nitro benzene ring substituents is 1. The Labute approximate surface area is 121 Å². The minimum atomic E-state index is -0.459. The van der Waals surface area contributed by atoms with E-state index in [9.17, 15) is 14.5 Å². The fraction of sp³-hybridized carbons (Fsp3) is 0.200. The van der Waals surface area contributed by atoms with Crippen molar-refractivity contribution < 1.29 is 14.1 Å². The third-order valence-electron chi connectivity index (χ3n) is 3.04. The largest absolute Gasteiger partial charge is 0.388 e. The average Bonchev–Trinajstić information content (AvgIpc) is 2.49. The predicted molar refractivity (Wildman–Crippen MR) is 77.5 cm³/mol. The number of non-ortho nitro benzene ring substituents is 1. The van der Waals surface area contributed by atoms with Gasteiger partial charge >= 0.3 is 0 Å². The molecular formula is C15H15FN2O3. The molecule has 0 saturated carbocycles. The molecule has 0 amide bonds. The van der Waals surface area contributed by atoms with Gasteiger partial charge in [0.2, 0.25) is 0 Å². The highest BCUT2D eigenvalue weighted by atomic mass is 19.1. The predicted octanol–water partition coefficient (Wildman–Crippen LogP) is 3.49. The highest BCUT2D eigenvalue weighted by molar-refractivity contribution is 5.55. The van der Waals surface area contributed by atoms with Crippen LogP contribution in [0.5, 0.6) is 0 Å². The maximum atomic E-state index is 13.4. The topological polar surface area (TPSA) is 64.4 Å². The lowest BCUT2D eigenvalue weighted by molar-refractivity contribution is -0.384. The second-order valence-corrected chi connectivity index (χ2v) is 4.43. The molecule has 110 valence electrons. The van der Waals surface area contributed by atoms with Crippen LogP contribution in [-0.4, -0.2) is 12.0 Å². The Bertz CT molecular complexity index is 647. The summed E-state index contributed by atoms with van der Waals surface area (Å²) in [5.74, 6) is -0.328. The molecule has 0 aliphatic rings. The minimum Gasteiger partial charge on any atom is -0.388 e. The zero-order chi connectivity index (χ0) is 15.2. The van der Waals surface area contributed by atoms with E-state index < -0.39 is 4.92 Å². The lowest BCUT2D eigenvalue weighted by Gasteiger charge is -2.10. The van der Waals surface area contributed by atoms with Gasteiger partial charge in [-0.1, -0.05) is 18.2 Å². The molecule has 0 spiro atoms. The van der Waals surface area contributed by atoms with Gasteiger partial charge in [-0.15, -0.1) is 0 Å². The van der Waals surface area contributed by atoms with E-state index in [4.69, 9.17) is 4.74 Å². The summed E-state index contributed by atoms with van der Waals surface area (Å²) in [5, 5.41) is 13.7. The molecule has 0 unspecified atom stereocenters. The number of hydrogen-bond acceptors (Lipinski definition) is 4. The summed E-state index contributed by atoms with van der Waals surface area (Å²) in [6.45, 7) is 0.269. The van der Waals surface area contributed by atoms with Crippen molar-refractivity contribution in [1.29, 1.82) is 0 Å². The zero-order valence-electron chi connectivity index (χ0n) is 11.5. The van der Waals surface area contributed by atoms with Crippen molar-refractivity contribution >= 4 is 11.4 Å². The van der Waals surface area contributed by atoms with Gasteiger partial charge in [0, 0.05) is 36.0 Å². The van der Waals surface area contributed by atoms with E-state index in [-0.39, 0.29) is 24.7 Å². The molecule has 2 aromatic rings. The molecule has 21 heavy (non-hydrogen) atoms. The third kappa shape index (κ3) is 3.76. The highest BCUT2D eigenvalue weighted by Gasteiger charge is 2.10. The van der Waals surface area contributed by atoms with Gasteiger partial charge in [0.15, 0.2) is 0 Å². The van der Waals surface area contributed by atoms with E-state index in [1.807, 2.05) is 0 Å². The first kappa shape index (κ1) is 14.9. The Morgan fingerprint density at radius 2 is 1.90 bits per heavy atom. The zero-order valence-corrected chi connectivity index (χ0v) is 11.5. The van der Waals surface area contributed by atoms with E-state index in [0.717, 1.165) is 5.69 Å². The average molecular weight is 290 g/mol. The highest BCUT2D eigenvalue weighted by Crippen LogP contribution is 2.23. The van der Waals surface area contributed by atoms with Crippen molar-refractivity contribution in [2.45, 2.75) is 13.2 Å². The normalized spacial score (nSPS) is 10.4. The van der Waals surface area contributed by atoms with Crippen LogP contribution in [0.15, 0.2) is 42.5 Å². The third-order valence-corrected chi connectivity index (χ3v) is 3.04. The minimum absolute atomic E-state index is 0.00140. The summed E-state index contributed by atoms with van der Waals surface area (Å²) >= 11 is 0. The molecule has 0 aliphatic heterocycles. The van der Waals surface area contributed by atoms with E-state index in [1.54, 1.807) is 31.3 Å². The van der Waals surface area contributed by atoms with Crippen molar-refractivity contribution in [3.8, 4) is 0 Å². The van der Waals surface area contributed by atoms with Gasteiger partial charge in [-0.3, -0.25) is 10.1 Å². The summed E-state index contributed by atoms with van der Waals surface area (Å²) in [5.41, 5.74) is 1.85. The maximum absolute atomic E-state index is 13.4. The first-order valence-electron chi connectivity index (χ1n) is 6.38. The number of ether oxygens (including phenoxy) is 1. The Hall–Kier alpha value is -2.47. The second kappa shape index (κ2) is 6.81. The second-order valence-electron chi connectivity index (χ2n) is 4.43. The van der Waals surface area contributed by atoms with Crippen LogP contribution in [0.4, 0.5) is 15.8 Å². The SMILES string of the molecule is CNc1ccc([N+](=O)[O-])cc1COCc1ccccc1F. The van der Waals surface area contributed by atoms with E-state index in [0.29, 0.717) is 11.1 Å². The molecule has 0 aliphatic carbocycles. The number of hydrogen-bond donors (Lipinski definition) is 1. The Kier molecular flexibility index (Phi) is 4.84. The van der Waals surface area contributed by atoms with Crippen LogP contribution in [0.1, 0.15) is 11.1 Å². The number of nitrogens with one attached hydrogen (secondary N) is 1. The number of halogens is 1. The van der Waals surface area contributed by atoms with Crippen molar-refractivity contribution in [1.82, 2.24) is 0 Å². The Morgan fingerprint density at radius 3 is 2.57 bits per heavy atom. The summed E-state index contributed by atoms with van der Waals surface area (Å²) in [6, 6.07) is 10.8. The number of nitrogens with zero attached hydrogens (tertiary/aromatic N) is 1. The summed E-state index contributed by atoms with van der Waals surface area (Å²) in [4.78, 5) is 10.3. The van der Waals surface area contributed by atoms with Crippen LogP contribution < -0.4 is 5.32 Å². The van der Waals surface area contributed by atoms with E-state index in [1.165, 1.54) is 18.2 Å². The van der Waals surface area contributed by atoms with Crippen LogP contribution in [0, 0.1) is 15.9 Å². The summed E-state index contributed by atoms with van der Waals surface area (Å²) in [6.07, 6.45) is 0. The summed E-state index contributed by atoms with van der Waals surface area (Å²) < 4.78 is 18.9. The van der Waals surface area contributed by atoms with Crippen molar-refractivity contribution in [3.63, 3.8) is 0 Å². The van der Waals surface area contributed by atoms with Crippen LogP contribution in [-0.2, 0) is 18.0 Å². The number of rotatable bonds is 6. The molecule has 2 aromatic carbocycles. The molecule has 0 fully saturated rings. The monoisotopic (exact) mass is 290 g/mol. The van der Waals surface area contributed by atoms with Crippen LogP contribution in [0.3, 0.4) is 0 Å². The molecule has 2 rings (SSSR count). The van der Waals surface area contributed by atoms with Crippen LogP contribution >= 0.6 is 0 Å². The van der Waals surface area contributed by atoms with E-state index in [2.05, 4.69) is 5.32 Å². The molecule has 0 aromatic heterocycles. The number of nitro groups is 1. The Balaban J connectivity index is 2.07. The fourth-order valence-electron chi connectivity index (χ4n) is 1.94. The standard InChI is InChI=1S/C15H15FN2O3/c1-17-15-7-6-13(18(19)20)8-12(15)10-21-9-11-4-2-3-5-14(11)16/h2-8,17H,9-10H2,1H3. The van der Waals surface area contributed by atoms with Crippen molar-refractivity contribution in [2.75, 3.05) is 12.4 Å². The Morgan fingerprint density at radius 1 is 1.19 bits per heavy atom. The van der Waals surface area contributed by atoms with Crippen LogP contribution in [0.2, 0.25) is 0 Å². The van der Waals surface area contributed by atoms with Gasteiger partial charge in [-0.05, 0) is 12.1 Å². The van der Waals surface area contributed by atoms with Gasteiger partial charge < -0.3 is 10.1 Å². The molecule has 0 radical (unpaired) electrons. The molecule has 6 heteroatoms. The first-order valence-corrected chi connectivity index (χ1v) is 6.38. The number of anilines is 1. The lowest BCUT2D eigenvalue weighted by Crippen LogP contribution is -2.01. The van der Waals surface area contributed by atoms with Crippen molar-refractivity contribution in [2.24, 2.45) is 0 Å². The van der Waals surface area contributed by atoms with Gasteiger partial charge in [-0.2, -0.15) is 0 Å². The van der Waals surface area contributed by atoms with Crippen LogP contribution in [0.25, 0.3) is 0 Å². The molecule has 5 nitrogen and oxygen atoms in total. The maximum Gasteiger partial charge on any atom is 0.269 e. The molecule has 0 bridgehead atoms. The van der Waals surface area contributed by atoms with E-state index >= 15 is 0 Å². The van der Waals surface area contributed by atoms with Gasteiger partial charge in [0.1, 0.15) is 5.82 Å². The molecule has 1 N–H and O–H groups in total. The quantitative estimate of drug-likeness (QED) is 0.653. The molecule has 0 heterocycles. The van der Waals surface area contributed by atoms with Gasteiger partial charge in [-0.25, -0.2) is 4.39 Å². The smallest absolute Gasteiger partial charge is 0.269 e. The molecule has 0 atom stereocenters. The van der Waals surface area contributed by atoms with Gasteiger partial charge in [0.05, 0.1) is 18.1 Å². The van der Waals surface area contributed by atoms with Gasteiger partial charge in [0.25, 0.3) is 5.69 Å². The fourth-order valence-corrected chi connectivity index (χ4v) is 1.94. The lowest BCUT2D eigenvalue weighted by atomic mass is 10.1.